The molecule has 0 saturated heterocycles. The van der Waals surface area contributed by atoms with E-state index in [0.29, 0.717) is 22.9 Å². The van der Waals surface area contributed by atoms with Crippen molar-refractivity contribution in [3.8, 4) is 5.75 Å². The second-order valence-electron chi connectivity index (χ2n) is 8.96. The van der Waals surface area contributed by atoms with Crippen molar-refractivity contribution in [2.75, 3.05) is 61.9 Å². The summed E-state index contributed by atoms with van der Waals surface area (Å²) >= 11 is 0. The van der Waals surface area contributed by atoms with Crippen molar-refractivity contribution in [2.24, 2.45) is 10.8 Å². The van der Waals surface area contributed by atoms with Crippen LogP contribution < -0.4 is 31.0 Å². The standard InChI is InChI=1S/C26H31N9O3/c1-6-23(36)29-17-14-18(21(38-5)15-20(17)34(4)13-12-33(2)3)30-26-28-11-10-22(31-26)35-19-9-7-8-16(19)24(32-35)25(27)37/h6-11,14-15,19H,1,12-13H2,2-5H3,(H2,27,37)(H,29,36)(H,28,30,31). The highest BCUT2D eigenvalue weighted by Crippen LogP contribution is 2.38. The van der Waals surface area contributed by atoms with Crippen molar-refractivity contribution < 1.29 is 14.3 Å². The van der Waals surface area contributed by atoms with Crippen LogP contribution in [0.1, 0.15) is 0 Å². The zero-order valence-corrected chi connectivity index (χ0v) is 21.8. The third-order valence-electron chi connectivity index (χ3n) is 6.04. The summed E-state index contributed by atoms with van der Waals surface area (Å²) in [4.78, 5) is 37.1. The van der Waals surface area contributed by atoms with Crippen LogP contribution in [0, 0.1) is 0 Å². The number of likely N-dealkylation sites (N-methyl/N-ethyl adjacent to an activating group) is 2. The van der Waals surface area contributed by atoms with Crippen LogP contribution in [0.5, 0.6) is 5.75 Å². The van der Waals surface area contributed by atoms with Gasteiger partial charge in [0.1, 0.15) is 5.75 Å². The summed E-state index contributed by atoms with van der Waals surface area (Å²) in [6.07, 6.45) is 8.38. The maximum Gasteiger partial charge on any atom is 0.269 e. The molecular weight excluding hydrogens is 486 g/mol. The van der Waals surface area contributed by atoms with E-state index in [0.717, 1.165) is 24.4 Å². The number of hydrogen-bond donors (Lipinski definition) is 3. The number of hydrazone groups is 1. The largest absolute Gasteiger partial charge is 0.494 e. The van der Waals surface area contributed by atoms with Crippen LogP contribution in [-0.4, -0.2) is 79.8 Å². The van der Waals surface area contributed by atoms with E-state index in [2.05, 4.69) is 37.2 Å². The second kappa shape index (κ2) is 11.1. The molecule has 1 aliphatic heterocycles. The van der Waals surface area contributed by atoms with Crippen LogP contribution in [-0.2, 0) is 9.59 Å². The molecule has 38 heavy (non-hydrogen) atoms. The third-order valence-corrected chi connectivity index (χ3v) is 6.04. The van der Waals surface area contributed by atoms with Crippen molar-refractivity contribution in [3.63, 3.8) is 0 Å². The quantitative estimate of drug-likeness (QED) is 0.381. The van der Waals surface area contributed by atoms with Crippen molar-refractivity contribution in [1.29, 1.82) is 0 Å². The highest BCUT2D eigenvalue weighted by molar-refractivity contribution is 6.46. The minimum absolute atomic E-state index is 0.200. The number of nitrogens with one attached hydrogen (secondary N) is 2. The number of primary amides is 1. The molecule has 4 rings (SSSR count). The molecular formula is C26H31N9O3. The summed E-state index contributed by atoms with van der Waals surface area (Å²) in [6, 6.07) is 5.02. The average Bonchev–Trinajstić information content (AvgIpc) is 3.50. The highest BCUT2D eigenvalue weighted by Gasteiger charge is 2.36. The number of nitrogens with two attached hydrogens (primary N) is 1. The van der Waals surface area contributed by atoms with E-state index in [-0.39, 0.29) is 23.6 Å². The number of carbonyl (C=O) groups excluding carboxylic acids is 2. The molecule has 12 heteroatoms. The normalized spacial score (nSPS) is 15.6. The Morgan fingerprint density at radius 1 is 1.24 bits per heavy atom. The van der Waals surface area contributed by atoms with Gasteiger partial charge in [-0.3, -0.25) is 9.59 Å². The zero-order chi connectivity index (χ0) is 27.4. The molecule has 2 aliphatic rings. The van der Waals surface area contributed by atoms with Crippen LogP contribution >= 0.6 is 0 Å². The van der Waals surface area contributed by atoms with Crippen LogP contribution in [0.3, 0.4) is 0 Å². The van der Waals surface area contributed by atoms with Gasteiger partial charge in [0.2, 0.25) is 11.9 Å². The lowest BCUT2D eigenvalue weighted by Crippen LogP contribution is -2.29. The van der Waals surface area contributed by atoms with Gasteiger partial charge in [0.15, 0.2) is 11.5 Å². The van der Waals surface area contributed by atoms with Gasteiger partial charge in [-0.25, -0.2) is 9.99 Å². The van der Waals surface area contributed by atoms with E-state index in [1.165, 1.54) is 6.08 Å². The first-order chi connectivity index (χ1) is 18.2. The van der Waals surface area contributed by atoms with E-state index < -0.39 is 5.91 Å². The summed E-state index contributed by atoms with van der Waals surface area (Å²) in [7, 11) is 7.50. The van der Waals surface area contributed by atoms with Gasteiger partial charge in [-0.2, -0.15) is 10.1 Å². The van der Waals surface area contributed by atoms with Gasteiger partial charge in [0.05, 0.1) is 30.2 Å². The average molecular weight is 518 g/mol. The lowest BCUT2D eigenvalue weighted by Gasteiger charge is -2.26. The Morgan fingerprint density at radius 2 is 2.03 bits per heavy atom. The first kappa shape index (κ1) is 26.4. The predicted molar refractivity (Wildman–Crippen MR) is 149 cm³/mol. The van der Waals surface area contributed by atoms with Crippen molar-refractivity contribution in [1.82, 2.24) is 14.9 Å². The van der Waals surface area contributed by atoms with Crippen LogP contribution in [0.25, 0.3) is 0 Å². The van der Waals surface area contributed by atoms with E-state index in [1.807, 2.05) is 50.3 Å². The number of ether oxygens (including phenoxy) is 1. The Bertz CT molecular complexity index is 1350. The molecule has 1 aromatic heterocycles. The fourth-order valence-corrected chi connectivity index (χ4v) is 4.08. The number of amides is 2. The molecule has 1 aliphatic carbocycles. The Morgan fingerprint density at radius 3 is 2.71 bits per heavy atom. The molecule has 1 unspecified atom stereocenters. The first-order valence-corrected chi connectivity index (χ1v) is 11.9. The van der Waals surface area contributed by atoms with Crippen LogP contribution in [0.2, 0.25) is 0 Å². The fraction of sp³-hybridized carbons (Fsp3) is 0.269. The number of methoxy groups -OCH3 is 1. The number of rotatable bonds is 11. The first-order valence-electron chi connectivity index (χ1n) is 11.9. The van der Waals surface area contributed by atoms with Crippen molar-refractivity contribution in [3.05, 3.63) is 60.9 Å². The molecule has 198 valence electrons. The molecule has 12 nitrogen and oxygen atoms in total. The summed E-state index contributed by atoms with van der Waals surface area (Å²) in [5.74, 6) is 0.328. The van der Waals surface area contributed by atoms with E-state index >= 15 is 0 Å². The Kier molecular flexibility index (Phi) is 7.72. The smallest absolute Gasteiger partial charge is 0.269 e. The second-order valence-corrected chi connectivity index (χ2v) is 8.96. The zero-order valence-electron chi connectivity index (χ0n) is 21.8. The van der Waals surface area contributed by atoms with Crippen LogP contribution in [0.4, 0.5) is 28.8 Å². The van der Waals surface area contributed by atoms with E-state index in [9.17, 15) is 9.59 Å². The number of allylic oxidation sites excluding steroid dienone is 2. The van der Waals surface area contributed by atoms with E-state index in [4.69, 9.17) is 10.5 Å². The minimum Gasteiger partial charge on any atom is -0.494 e. The maximum atomic E-state index is 12.2. The number of hydrogen-bond acceptors (Lipinski definition) is 10. The minimum atomic E-state index is -0.602. The molecule has 1 atom stereocenters. The number of fused-ring (bicyclic) bond motifs is 1. The molecule has 0 saturated carbocycles. The van der Waals surface area contributed by atoms with Gasteiger partial charge in [-0.15, -0.1) is 0 Å². The Balaban J connectivity index is 1.66. The topological polar surface area (TPSA) is 141 Å². The summed E-state index contributed by atoms with van der Waals surface area (Å²) in [5.41, 5.74) is 8.32. The van der Waals surface area contributed by atoms with Crippen LogP contribution in [0.15, 0.2) is 66.0 Å². The molecule has 2 amide bonds. The predicted octanol–water partition coefficient (Wildman–Crippen LogP) is 1.88. The molecule has 0 bridgehead atoms. The molecule has 0 radical (unpaired) electrons. The van der Waals surface area contributed by atoms with Gasteiger partial charge in [0, 0.05) is 44.0 Å². The number of aromatic nitrogens is 2. The van der Waals surface area contributed by atoms with Gasteiger partial charge in [-0.1, -0.05) is 24.8 Å². The molecule has 0 spiro atoms. The number of carbonyl (C=O) groups is 2. The van der Waals surface area contributed by atoms with Crippen molar-refractivity contribution >= 4 is 46.4 Å². The lowest BCUT2D eigenvalue weighted by atomic mass is 10.1. The summed E-state index contributed by atoms with van der Waals surface area (Å²) < 4.78 is 5.66. The number of nitrogens with zero attached hydrogens (tertiary/aromatic N) is 6. The van der Waals surface area contributed by atoms with Crippen molar-refractivity contribution in [2.45, 2.75) is 6.04 Å². The third kappa shape index (κ3) is 5.49. The summed E-state index contributed by atoms with van der Waals surface area (Å²) in [6.45, 7) is 5.10. The number of benzene rings is 1. The van der Waals surface area contributed by atoms with Gasteiger partial charge in [-0.05, 0) is 26.2 Å². The fourth-order valence-electron chi connectivity index (χ4n) is 4.08. The molecule has 2 heterocycles. The molecule has 2 aromatic rings. The van der Waals surface area contributed by atoms with Gasteiger partial charge in [0.25, 0.3) is 5.91 Å². The lowest BCUT2D eigenvalue weighted by molar-refractivity contribution is -0.112. The monoisotopic (exact) mass is 517 g/mol. The number of anilines is 5. The van der Waals surface area contributed by atoms with Gasteiger partial charge < -0.3 is 30.9 Å². The Labute approximate surface area is 221 Å². The maximum absolute atomic E-state index is 12.2. The Hall–Kier alpha value is -4.71. The van der Waals surface area contributed by atoms with E-state index in [1.54, 1.807) is 30.4 Å². The van der Waals surface area contributed by atoms with Gasteiger partial charge >= 0.3 is 0 Å². The summed E-state index contributed by atoms with van der Waals surface area (Å²) in [5, 5.41) is 12.1. The molecule has 0 fully saturated rings. The molecule has 4 N–H and O–H groups in total. The molecule has 1 aromatic carbocycles. The SMILES string of the molecule is C=CC(=O)Nc1cc(Nc2nccc(N3N=C(C(N)=O)C4=CC=CC43)n2)c(OC)cc1N(C)CCN(C)C. The highest BCUT2D eigenvalue weighted by atomic mass is 16.5.